The molecule has 0 saturated heterocycles. The maximum atomic E-state index is 11.6. The topological polar surface area (TPSA) is 46.2 Å². The number of rotatable bonds is 2. The van der Waals surface area contributed by atoms with Gasteiger partial charge in [-0.25, -0.2) is 0 Å². The fourth-order valence-corrected chi connectivity index (χ4v) is 1.22. The third-order valence-electron chi connectivity index (χ3n) is 2.26. The van der Waals surface area contributed by atoms with E-state index < -0.39 is 5.41 Å². The van der Waals surface area contributed by atoms with Gasteiger partial charge < -0.3 is 0 Å². The van der Waals surface area contributed by atoms with Crippen LogP contribution in [0.2, 0.25) is 0 Å². The summed E-state index contributed by atoms with van der Waals surface area (Å²) in [6.45, 7) is 9.14. The number of carbonyl (C=O) groups excluding carboxylic acids is 2. The zero-order valence-corrected chi connectivity index (χ0v) is 9.62. The molecule has 3 nitrogen and oxygen atoms in total. The summed E-state index contributed by atoms with van der Waals surface area (Å²) in [4.78, 5) is 22.1. The molecule has 0 aliphatic carbocycles. The van der Waals surface area contributed by atoms with E-state index in [2.05, 4.69) is 4.72 Å². The second-order valence-corrected chi connectivity index (χ2v) is 4.70. The molecule has 0 spiro atoms. The summed E-state index contributed by atoms with van der Waals surface area (Å²) in [5.41, 5.74) is -0.396. The van der Waals surface area contributed by atoms with Crippen LogP contribution in [-0.4, -0.2) is 11.0 Å². The number of amides is 1. The van der Waals surface area contributed by atoms with Crippen LogP contribution in [-0.2, 0) is 9.59 Å². The second kappa shape index (κ2) is 4.65. The van der Waals surface area contributed by atoms with Gasteiger partial charge >= 0.3 is 0 Å². The first-order chi connectivity index (χ1) is 5.78. The normalized spacial score (nSPS) is 11.5. The van der Waals surface area contributed by atoms with Crippen LogP contribution in [0.5, 0.6) is 0 Å². The number of hydrogen-bond acceptors (Lipinski definition) is 3. The van der Waals surface area contributed by atoms with E-state index >= 15 is 0 Å². The smallest absolute Gasteiger partial charge is 0.227 e. The molecule has 0 bridgehead atoms. The Morgan fingerprint density at radius 2 is 1.77 bits per heavy atom. The molecular weight excluding hydrogens is 186 g/mol. The van der Waals surface area contributed by atoms with Crippen molar-refractivity contribution >= 4 is 23.0 Å². The molecule has 0 aromatic carbocycles. The minimum atomic E-state index is -0.396. The molecule has 0 radical (unpaired) electrons. The maximum absolute atomic E-state index is 11.6. The monoisotopic (exact) mass is 203 g/mol. The molecule has 1 amide bonds. The number of carbonyl (C=O) groups is 2. The Bertz CT molecular complexity index is 212. The molecule has 0 heterocycles. The molecule has 0 aliphatic rings. The van der Waals surface area contributed by atoms with E-state index in [4.69, 9.17) is 0 Å². The highest BCUT2D eigenvalue weighted by atomic mass is 32.2. The highest BCUT2D eigenvalue weighted by Crippen LogP contribution is 2.30. The molecule has 0 atom stereocenters. The molecule has 0 fully saturated rings. The average Bonchev–Trinajstić information content (AvgIpc) is 1.99. The molecule has 76 valence electrons. The quantitative estimate of drug-likeness (QED) is 0.698. The van der Waals surface area contributed by atoms with Crippen molar-refractivity contribution < 1.29 is 9.59 Å². The molecule has 0 saturated carbocycles. The van der Waals surface area contributed by atoms with Gasteiger partial charge in [0.15, 0.2) is 0 Å². The summed E-state index contributed by atoms with van der Waals surface area (Å²) in [6, 6.07) is 0. The predicted molar refractivity (Wildman–Crippen MR) is 55.0 cm³/mol. The Hall–Kier alpha value is -0.510. The maximum Gasteiger partial charge on any atom is 0.227 e. The largest absolute Gasteiger partial charge is 0.294 e. The first-order valence-corrected chi connectivity index (χ1v) is 5.08. The van der Waals surface area contributed by atoms with Crippen molar-refractivity contribution in [2.45, 2.75) is 34.6 Å². The number of nitrogens with one attached hydrogen (secondary N) is 1. The van der Waals surface area contributed by atoms with Gasteiger partial charge in [0.05, 0.1) is 0 Å². The van der Waals surface area contributed by atoms with E-state index in [0.717, 1.165) is 11.9 Å². The summed E-state index contributed by atoms with van der Waals surface area (Å²) in [5.74, 6) is 0.0687. The fraction of sp³-hybridized carbons (Fsp3) is 0.778. The van der Waals surface area contributed by atoms with Crippen molar-refractivity contribution in [3.63, 3.8) is 0 Å². The molecule has 1 N–H and O–H groups in total. The van der Waals surface area contributed by atoms with Crippen LogP contribution in [0.15, 0.2) is 0 Å². The molecule has 0 aromatic heterocycles. The van der Waals surface area contributed by atoms with Gasteiger partial charge in [0.2, 0.25) is 11.0 Å². The first kappa shape index (κ1) is 12.5. The molecular formula is C9H17NO2S. The van der Waals surface area contributed by atoms with Gasteiger partial charge in [-0.3, -0.25) is 14.3 Å². The van der Waals surface area contributed by atoms with Crippen molar-refractivity contribution in [2.75, 3.05) is 0 Å². The van der Waals surface area contributed by atoms with Gasteiger partial charge in [-0.1, -0.05) is 27.7 Å². The van der Waals surface area contributed by atoms with Crippen molar-refractivity contribution in [3.05, 3.63) is 0 Å². The Morgan fingerprint density at radius 1 is 1.31 bits per heavy atom. The van der Waals surface area contributed by atoms with E-state index in [9.17, 15) is 9.59 Å². The van der Waals surface area contributed by atoms with Crippen LogP contribution in [0.25, 0.3) is 0 Å². The van der Waals surface area contributed by atoms with Crippen LogP contribution >= 0.6 is 11.9 Å². The van der Waals surface area contributed by atoms with Crippen LogP contribution in [0, 0.1) is 11.3 Å². The lowest BCUT2D eigenvalue weighted by Gasteiger charge is -2.26. The average molecular weight is 203 g/mol. The van der Waals surface area contributed by atoms with Gasteiger partial charge in [-0.05, 0) is 5.92 Å². The van der Waals surface area contributed by atoms with Gasteiger partial charge in [0.25, 0.3) is 0 Å². The van der Waals surface area contributed by atoms with Crippen LogP contribution < -0.4 is 4.72 Å². The lowest BCUT2D eigenvalue weighted by molar-refractivity contribution is -0.121. The molecule has 0 rings (SSSR count). The molecule has 13 heavy (non-hydrogen) atoms. The minimum absolute atomic E-state index is 0.00213. The van der Waals surface area contributed by atoms with Gasteiger partial charge in [-0.15, -0.1) is 0 Å². The predicted octanol–water partition coefficient (Wildman–Crippen LogP) is 1.98. The summed E-state index contributed by atoms with van der Waals surface area (Å²) >= 11 is 0.881. The van der Waals surface area contributed by atoms with E-state index in [-0.39, 0.29) is 16.9 Å². The zero-order valence-electron chi connectivity index (χ0n) is 8.80. The van der Waals surface area contributed by atoms with E-state index in [1.807, 2.05) is 27.7 Å². The van der Waals surface area contributed by atoms with Crippen LogP contribution in [0.1, 0.15) is 34.6 Å². The van der Waals surface area contributed by atoms with Crippen molar-refractivity contribution in [3.8, 4) is 0 Å². The van der Waals surface area contributed by atoms with Gasteiger partial charge in [0, 0.05) is 24.3 Å². The molecule has 4 heteroatoms. The first-order valence-electron chi connectivity index (χ1n) is 4.26. The van der Waals surface area contributed by atoms with Crippen LogP contribution in [0.3, 0.4) is 0 Å². The summed E-state index contributed by atoms with van der Waals surface area (Å²) in [7, 11) is 0. The van der Waals surface area contributed by atoms with Crippen molar-refractivity contribution in [2.24, 2.45) is 11.3 Å². The van der Waals surface area contributed by atoms with Crippen molar-refractivity contribution in [1.82, 2.24) is 4.72 Å². The third-order valence-corrected chi connectivity index (χ3v) is 3.36. The highest BCUT2D eigenvalue weighted by Gasteiger charge is 2.31. The van der Waals surface area contributed by atoms with Crippen molar-refractivity contribution in [1.29, 1.82) is 0 Å². The molecule has 0 aromatic rings. The Balaban J connectivity index is 4.18. The Morgan fingerprint density at radius 3 is 2.08 bits per heavy atom. The van der Waals surface area contributed by atoms with E-state index in [1.54, 1.807) is 0 Å². The summed E-state index contributed by atoms with van der Waals surface area (Å²) in [5, 5.41) is -0.00213. The standard InChI is InChI=1S/C9H17NO2S/c1-6(2)9(4,5)8(12)13-10-7(3)11/h6H,1-5H3,(H,10,11). The van der Waals surface area contributed by atoms with Gasteiger partial charge in [0.1, 0.15) is 0 Å². The number of hydrogen-bond donors (Lipinski definition) is 1. The lowest BCUT2D eigenvalue weighted by atomic mass is 9.83. The Kier molecular flexibility index (Phi) is 4.47. The zero-order chi connectivity index (χ0) is 10.6. The van der Waals surface area contributed by atoms with Gasteiger partial charge in [-0.2, -0.15) is 0 Å². The van der Waals surface area contributed by atoms with E-state index in [0.29, 0.717) is 0 Å². The highest BCUT2D eigenvalue weighted by molar-refractivity contribution is 8.12. The van der Waals surface area contributed by atoms with E-state index in [1.165, 1.54) is 6.92 Å². The van der Waals surface area contributed by atoms with Crippen LogP contribution in [0.4, 0.5) is 0 Å². The summed E-state index contributed by atoms with van der Waals surface area (Å²) < 4.78 is 2.43. The third kappa shape index (κ3) is 3.81. The SMILES string of the molecule is CC(=O)NSC(=O)C(C)(C)C(C)C. The summed E-state index contributed by atoms with van der Waals surface area (Å²) in [6.07, 6.45) is 0. The molecule has 0 aliphatic heterocycles. The lowest BCUT2D eigenvalue weighted by Crippen LogP contribution is -2.30. The minimum Gasteiger partial charge on any atom is -0.294 e. The molecule has 0 unspecified atom stereocenters. The fourth-order valence-electron chi connectivity index (χ4n) is 0.485. The second-order valence-electron chi connectivity index (χ2n) is 3.92. The Labute approximate surface area is 83.8 Å².